The summed E-state index contributed by atoms with van der Waals surface area (Å²) in [6.07, 6.45) is 0. The molecule has 3 heteroatoms. The number of aryl methyl sites for hydroxylation is 2. The van der Waals surface area contributed by atoms with Gasteiger partial charge in [0.2, 0.25) is 5.91 Å². The van der Waals surface area contributed by atoms with Crippen LogP contribution in [0.3, 0.4) is 0 Å². The van der Waals surface area contributed by atoms with Gasteiger partial charge in [0.05, 0.1) is 5.92 Å². The van der Waals surface area contributed by atoms with Crippen molar-refractivity contribution in [3.05, 3.63) is 64.5 Å². The lowest BCUT2D eigenvalue weighted by Crippen LogP contribution is -2.13. The summed E-state index contributed by atoms with van der Waals surface area (Å²) in [5, 5.41) is 2.74. The normalized spacial score (nSPS) is 17.2. The van der Waals surface area contributed by atoms with Gasteiger partial charge in [-0.3, -0.25) is 4.79 Å². The molecule has 0 fully saturated rings. The number of benzene rings is 2. The smallest absolute Gasteiger partial charge is 0.236 e. The number of hydrogen-bond donors (Lipinski definition) is 1. The molecular weight excluding hydrogens is 241 g/mol. The Labute approximate surface area is 111 Å². The molecule has 0 saturated carbocycles. The average molecular weight is 255 g/mol. The van der Waals surface area contributed by atoms with Crippen LogP contribution in [0.15, 0.2) is 36.4 Å². The maximum atomic E-state index is 13.2. The van der Waals surface area contributed by atoms with Crippen molar-refractivity contribution in [1.29, 1.82) is 0 Å². The minimum absolute atomic E-state index is 0.0937. The van der Waals surface area contributed by atoms with Gasteiger partial charge in [0.25, 0.3) is 0 Å². The predicted octanol–water partition coefficient (Wildman–Crippen LogP) is 3.53. The Morgan fingerprint density at radius 1 is 1.05 bits per heavy atom. The number of rotatable bonds is 1. The minimum atomic E-state index is -0.338. The summed E-state index contributed by atoms with van der Waals surface area (Å²) in [5.74, 6) is -0.765. The Hall–Kier alpha value is -2.16. The molecule has 3 rings (SSSR count). The van der Waals surface area contributed by atoms with Crippen LogP contribution in [-0.2, 0) is 4.79 Å². The zero-order valence-electron chi connectivity index (χ0n) is 10.8. The highest BCUT2D eigenvalue weighted by Crippen LogP contribution is 2.37. The standard InChI is InChI=1S/C16H14FNO/c1-9-3-4-11(7-10(9)2)15-13-6-5-12(17)8-14(13)18-16(15)19/h3-8,15H,1-2H3,(H,18,19). The molecule has 0 spiro atoms. The van der Waals surface area contributed by atoms with Gasteiger partial charge in [0, 0.05) is 5.69 Å². The summed E-state index contributed by atoms with van der Waals surface area (Å²) in [6, 6.07) is 10.5. The van der Waals surface area contributed by atoms with Gasteiger partial charge in [-0.1, -0.05) is 24.3 Å². The average Bonchev–Trinajstić information content (AvgIpc) is 2.68. The van der Waals surface area contributed by atoms with Crippen LogP contribution in [0.5, 0.6) is 0 Å². The summed E-state index contributed by atoms with van der Waals surface area (Å²) in [4.78, 5) is 12.1. The number of fused-ring (bicyclic) bond motifs is 1. The zero-order valence-corrected chi connectivity index (χ0v) is 10.8. The van der Waals surface area contributed by atoms with Crippen molar-refractivity contribution in [3.63, 3.8) is 0 Å². The number of amides is 1. The molecule has 1 aliphatic rings. The molecule has 0 aliphatic carbocycles. The van der Waals surface area contributed by atoms with E-state index in [4.69, 9.17) is 0 Å². The van der Waals surface area contributed by atoms with Crippen molar-refractivity contribution >= 4 is 11.6 Å². The van der Waals surface area contributed by atoms with Crippen molar-refractivity contribution in [2.24, 2.45) is 0 Å². The highest BCUT2D eigenvalue weighted by molar-refractivity contribution is 6.05. The quantitative estimate of drug-likeness (QED) is 0.829. The Bertz CT molecular complexity index is 678. The Kier molecular flexibility index (Phi) is 2.63. The zero-order chi connectivity index (χ0) is 13.6. The molecule has 0 aromatic heterocycles. The largest absolute Gasteiger partial charge is 0.325 e. The summed E-state index contributed by atoms with van der Waals surface area (Å²) >= 11 is 0. The van der Waals surface area contributed by atoms with Crippen molar-refractivity contribution in [3.8, 4) is 0 Å². The third-order valence-corrected chi connectivity index (χ3v) is 3.71. The highest BCUT2D eigenvalue weighted by Gasteiger charge is 2.32. The molecule has 1 N–H and O–H groups in total. The summed E-state index contributed by atoms with van der Waals surface area (Å²) in [6.45, 7) is 4.06. The lowest BCUT2D eigenvalue weighted by molar-refractivity contribution is -0.116. The van der Waals surface area contributed by atoms with E-state index in [0.717, 1.165) is 16.7 Å². The number of hydrogen-bond acceptors (Lipinski definition) is 1. The number of carbonyl (C=O) groups is 1. The molecule has 1 atom stereocenters. The molecule has 19 heavy (non-hydrogen) atoms. The van der Waals surface area contributed by atoms with Gasteiger partial charge >= 0.3 is 0 Å². The minimum Gasteiger partial charge on any atom is -0.325 e. The van der Waals surface area contributed by atoms with Crippen LogP contribution in [0.2, 0.25) is 0 Å². The molecule has 0 radical (unpaired) electrons. The Morgan fingerprint density at radius 2 is 1.84 bits per heavy atom. The fraction of sp³-hybridized carbons (Fsp3) is 0.188. The Balaban J connectivity index is 2.11. The Morgan fingerprint density at radius 3 is 2.58 bits per heavy atom. The summed E-state index contributed by atoms with van der Waals surface area (Å²) < 4.78 is 13.2. The first kappa shape index (κ1) is 11.9. The number of nitrogens with one attached hydrogen (secondary N) is 1. The first-order valence-corrected chi connectivity index (χ1v) is 6.24. The lowest BCUT2D eigenvalue weighted by Gasteiger charge is -2.11. The molecule has 0 saturated heterocycles. The molecule has 1 amide bonds. The first-order valence-electron chi connectivity index (χ1n) is 6.24. The van der Waals surface area contributed by atoms with E-state index in [1.807, 2.05) is 32.0 Å². The lowest BCUT2D eigenvalue weighted by atomic mass is 9.90. The summed E-state index contributed by atoms with van der Waals surface area (Å²) in [7, 11) is 0. The van der Waals surface area contributed by atoms with Crippen LogP contribution < -0.4 is 5.32 Å². The van der Waals surface area contributed by atoms with E-state index in [-0.39, 0.29) is 17.6 Å². The van der Waals surface area contributed by atoms with Gasteiger partial charge in [-0.25, -0.2) is 4.39 Å². The molecule has 1 heterocycles. The van der Waals surface area contributed by atoms with Gasteiger partial charge < -0.3 is 5.32 Å². The van der Waals surface area contributed by atoms with Crippen LogP contribution in [-0.4, -0.2) is 5.91 Å². The molecule has 1 aliphatic heterocycles. The first-order chi connectivity index (χ1) is 9.06. The number of carbonyl (C=O) groups excluding carboxylic acids is 1. The van der Waals surface area contributed by atoms with Gasteiger partial charge in [-0.2, -0.15) is 0 Å². The van der Waals surface area contributed by atoms with Crippen LogP contribution in [0.4, 0.5) is 10.1 Å². The molecule has 0 bridgehead atoms. The number of halogens is 1. The molecule has 2 aromatic rings. The van der Waals surface area contributed by atoms with E-state index in [1.165, 1.54) is 17.7 Å². The maximum Gasteiger partial charge on any atom is 0.236 e. The van der Waals surface area contributed by atoms with E-state index >= 15 is 0 Å². The molecule has 1 unspecified atom stereocenters. The van der Waals surface area contributed by atoms with E-state index in [9.17, 15) is 9.18 Å². The van der Waals surface area contributed by atoms with Gasteiger partial charge in [0.15, 0.2) is 0 Å². The van der Waals surface area contributed by atoms with Crippen LogP contribution in [0.25, 0.3) is 0 Å². The topological polar surface area (TPSA) is 29.1 Å². The summed E-state index contributed by atoms with van der Waals surface area (Å²) in [5.41, 5.74) is 4.72. The van der Waals surface area contributed by atoms with Crippen molar-refractivity contribution < 1.29 is 9.18 Å². The highest BCUT2D eigenvalue weighted by atomic mass is 19.1. The van der Waals surface area contributed by atoms with Gasteiger partial charge in [-0.05, 0) is 48.2 Å². The van der Waals surface area contributed by atoms with Crippen LogP contribution in [0, 0.1) is 19.7 Å². The van der Waals surface area contributed by atoms with Crippen LogP contribution in [0.1, 0.15) is 28.2 Å². The fourth-order valence-corrected chi connectivity index (χ4v) is 2.51. The van der Waals surface area contributed by atoms with Crippen molar-refractivity contribution in [1.82, 2.24) is 0 Å². The fourth-order valence-electron chi connectivity index (χ4n) is 2.51. The van der Waals surface area contributed by atoms with Crippen LogP contribution >= 0.6 is 0 Å². The SMILES string of the molecule is Cc1ccc(C2C(=O)Nc3cc(F)ccc32)cc1C. The molecular formula is C16H14FNO. The van der Waals surface area contributed by atoms with E-state index in [1.54, 1.807) is 6.07 Å². The van der Waals surface area contributed by atoms with Crippen molar-refractivity contribution in [2.75, 3.05) is 5.32 Å². The second kappa shape index (κ2) is 4.19. The van der Waals surface area contributed by atoms with E-state index in [2.05, 4.69) is 5.32 Å². The maximum absolute atomic E-state index is 13.2. The van der Waals surface area contributed by atoms with Crippen molar-refractivity contribution in [2.45, 2.75) is 19.8 Å². The van der Waals surface area contributed by atoms with Gasteiger partial charge in [0.1, 0.15) is 5.82 Å². The molecule has 2 nitrogen and oxygen atoms in total. The predicted molar refractivity (Wildman–Crippen MR) is 72.8 cm³/mol. The van der Waals surface area contributed by atoms with E-state index in [0.29, 0.717) is 5.69 Å². The molecule has 2 aromatic carbocycles. The third kappa shape index (κ3) is 1.91. The van der Waals surface area contributed by atoms with E-state index < -0.39 is 0 Å². The monoisotopic (exact) mass is 255 g/mol. The second-order valence-corrected chi connectivity index (χ2v) is 5.00. The number of anilines is 1. The van der Waals surface area contributed by atoms with Gasteiger partial charge in [-0.15, -0.1) is 0 Å². The third-order valence-electron chi connectivity index (χ3n) is 3.71. The second-order valence-electron chi connectivity index (χ2n) is 5.00. The molecule has 96 valence electrons.